The summed E-state index contributed by atoms with van der Waals surface area (Å²) in [5.41, 5.74) is -5.46. The molecule has 0 aliphatic carbocycles. The fourth-order valence-electron chi connectivity index (χ4n) is 3.00. The predicted octanol–water partition coefficient (Wildman–Crippen LogP) is 1.79. The monoisotopic (exact) mass is 604 g/mol. The molecule has 1 saturated heterocycles. The molecular formula is C22H35ClFN2O12P. The molecule has 0 aromatic carbocycles. The van der Waals surface area contributed by atoms with Crippen molar-refractivity contribution >= 4 is 25.4 Å². The number of nitrogens with one attached hydrogen (secondary N) is 1. The quantitative estimate of drug-likeness (QED) is 0.136. The molecule has 1 aliphatic heterocycles. The predicted molar refractivity (Wildman–Crippen MR) is 133 cm³/mol. The van der Waals surface area contributed by atoms with Gasteiger partial charge in [-0.15, -0.1) is 11.6 Å². The Morgan fingerprint density at radius 2 is 1.85 bits per heavy atom. The number of carbonyl (C=O) groups excluding carboxylic acids is 1. The number of halogens is 2. The number of rotatable bonds is 12. The van der Waals surface area contributed by atoms with E-state index in [1.165, 1.54) is 0 Å². The number of carbonyl (C=O) groups is 1. The van der Waals surface area contributed by atoms with Crippen molar-refractivity contribution in [2.75, 3.05) is 26.1 Å². The van der Waals surface area contributed by atoms with Gasteiger partial charge in [0.2, 0.25) is 6.79 Å². The molecule has 1 aliphatic rings. The van der Waals surface area contributed by atoms with Crippen molar-refractivity contribution in [3.05, 3.63) is 33.1 Å². The average Bonchev–Trinajstić information content (AvgIpc) is 3.07. The summed E-state index contributed by atoms with van der Waals surface area (Å²) in [4.78, 5) is 37.5. The van der Waals surface area contributed by atoms with E-state index in [0.717, 1.165) is 12.3 Å². The third kappa shape index (κ3) is 8.65. The molecule has 3 N–H and O–H groups in total. The second-order valence-corrected chi connectivity index (χ2v) is 12.8. The number of phosphoric acid groups is 1. The zero-order valence-corrected chi connectivity index (χ0v) is 24.1. The highest BCUT2D eigenvalue weighted by Gasteiger charge is 2.57. The molecule has 224 valence electrons. The van der Waals surface area contributed by atoms with Crippen molar-refractivity contribution in [1.82, 2.24) is 9.55 Å². The van der Waals surface area contributed by atoms with Crippen molar-refractivity contribution < 1.29 is 51.7 Å². The number of phosphoric ester groups is 1. The van der Waals surface area contributed by atoms with Gasteiger partial charge in [0, 0.05) is 17.7 Å². The maximum atomic E-state index is 15.1. The number of aromatic nitrogens is 2. The van der Waals surface area contributed by atoms with Crippen LogP contribution in [0.15, 0.2) is 21.9 Å². The second kappa shape index (κ2) is 12.9. The Balaban J connectivity index is 2.21. The first kappa shape index (κ1) is 33.5. The topological polar surface area (TPSA) is 185 Å². The zero-order valence-electron chi connectivity index (χ0n) is 22.4. The summed E-state index contributed by atoms with van der Waals surface area (Å²) in [6, 6.07) is 0.946. The molecule has 1 aromatic heterocycles. The number of hydrogen-bond donors (Lipinski definition) is 3. The molecule has 14 nitrogen and oxygen atoms in total. The van der Waals surface area contributed by atoms with E-state index in [0.29, 0.717) is 4.57 Å². The maximum Gasteiger partial charge on any atom is 0.479 e. The van der Waals surface area contributed by atoms with Crippen LogP contribution in [-0.4, -0.2) is 76.0 Å². The van der Waals surface area contributed by atoms with E-state index in [9.17, 15) is 29.2 Å². The lowest BCUT2D eigenvalue weighted by molar-refractivity contribution is -0.196. The van der Waals surface area contributed by atoms with E-state index in [4.69, 9.17) is 39.4 Å². The first-order chi connectivity index (χ1) is 17.8. The molecule has 1 fully saturated rings. The molecule has 1 aromatic rings. The summed E-state index contributed by atoms with van der Waals surface area (Å²) in [6.45, 7) is 7.14. The molecule has 2 unspecified atom stereocenters. The molecule has 0 bridgehead atoms. The first-order valence-electron chi connectivity index (χ1n) is 11.7. The summed E-state index contributed by atoms with van der Waals surface area (Å²) < 4.78 is 60.1. The van der Waals surface area contributed by atoms with Gasteiger partial charge in [0.15, 0.2) is 25.5 Å². The van der Waals surface area contributed by atoms with Crippen LogP contribution in [0, 0.1) is 10.8 Å². The molecule has 39 heavy (non-hydrogen) atoms. The molecule has 0 spiro atoms. The molecular weight excluding hydrogens is 570 g/mol. The van der Waals surface area contributed by atoms with E-state index >= 15 is 4.39 Å². The van der Waals surface area contributed by atoms with Crippen LogP contribution in [0.4, 0.5) is 4.39 Å². The van der Waals surface area contributed by atoms with E-state index in [-0.39, 0.29) is 0 Å². The van der Waals surface area contributed by atoms with Gasteiger partial charge in [-0.1, -0.05) is 20.8 Å². The van der Waals surface area contributed by atoms with E-state index < -0.39 is 92.3 Å². The van der Waals surface area contributed by atoms with Crippen molar-refractivity contribution in [2.24, 2.45) is 10.8 Å². The lowest BCUT2D eigenvalue weighted by Gasteiger charge is -2.31. The molecule has 2 heterocycles. The largest absolute Gasteiger partial charge is 0.479 e. The number of aromatic amines is 1. The third-order valence-corrected chi connectivity index (χ3v) is 7.22. The Morgan fingerprint density at radius 3 is 2.38 bits per heavy atom. The lowest BCUT2D eigenvalue weighted by Crippen LogP contribution is -2.47. The van der Waals surface area contributed by atoms with Crippen LogP contribution in [0.2, 0.25) is 0 Å². The summed E-state index contributed by atoms with van der Waals surface area (Å²) in [5.74, 6) is -1.31. The Bertz CT molecular complexity index is 1150. The van der Waals surface area contributed by atoms with Crippen LogP contribution in [0.1, 0.15) is 47.8 Å². The molecule has 0 amide bonds. The number of hydrogen-bond acceptors (Lipinski definition) is 12. The van der Waals surface area contributed by atoms with Gasteiger partial charge in [-0.25, -0.2) is 18.3 Å². The van der Waals surface area contributed by atoms with E-state index in [1.807, 2.05) is 4.98 Å². The fourth-order valence-corrected chi connectivity index (χ4v) is 4.27. The average molecular weight is 605 g/mol. The molecule has 0 saturated carbocycles. The Morgan fingerprint density at radius 1 is 1.23 bits per heavy atom. The normalized spacial score (nSPS) is 26.3. The number of aliphatic hydroxyl groups is 2. The summed E-state index contributed by atoms with van der Waals surface area (Å²) in [7, 11) is -4.70. The van der Waals surface area contributed by atoms with Gasteiger partial charge in [-0.3, -0.25) is 28.2 Å². The van der Waals surface area contributed by atoms with Gasteiger partial charge < -0.3 is 24.4 Å². The van der Waals surface area contributed by atoms with Gasteiger partial charge in [-0.2, -0.15) is 0 Å². The smallest absolute Gasteiger partial charge is 0.437 e. The number of esters is 1. The van der Waals surface area contributed by atoms with Crippen LogP contribution in [0.25, 0.3) is 0 Å². The lowest BCUT2D eigenvalue weighted by atomic mass is 9.96. The number of H-pyrrole nitrogens is 1. The molecule has 2 rings (SSSR count). The first-order valence-corrected chi connectivity index (χ1v) is 13.7. The van der Waals surface area contributed by atoms with Crippen LogP contribution >= 0.6 is 19.4 Å². The SMILES string of the molecule is CC(C)(C)C(=O)OCOP(=O)(OCOC(O)C(C)(C)C)OC[C@@]1(CCl)O[C@@H](n2ccc(=O)[nH]c2=O)[C@H](F)[C@@H]1O. The zero-order chi connectivity index (χ0) is 29.8. The van der Waals surface area contributed by atoms with Gasteiger partial charge >= 0.3 is 19.5 Å². The minimum atomic E-state index is -4.70. The third-order valence-electron chi connectivity index (χ3n) is 5.48. The Kier molecular flexibility index (Phi) is 11.1. The molecule has 17 heteroatoms. The highest BCUT2D eigenvalue weighted by Crippen LogP contribution is 2.52. The van der Waals surface area contributed by atoms with Gasteiger partial charge in [-0.05, 0) is 20.8 Å². The van der Waals surface area contributed by atoms with Crippen LogP contribution in [-0.2, 0) is 37.1 Å². The van der Waals surface area contributed by atoms with Crippen molar-refractivity contribution in [3.63, 3.8) is 0 Å². The van der Waals surface area contributed by atoms with Crippen LogP contribution in [0.3, 0.4) is 0 Å². The summed E-state index contributed by atoms with van der Waals surface area (Å²) >= 11 is 5.99. The molecule has 0 radical (unpaired) electrons. The number of alkyl halides is 2. The second-order valence-electron chi connectivity index (χ2n) is 10.9. The van der Waals surface area contributed by atoms with E-state index in [1.54, 1.807) is 41.5 Å². The Labute approximate surface area is 228 Å². The summed E-state index contributed by atoms with van der Waals surface area (Å²) in [6.07, 6.45) is -6.33. The fraction of sp³-hybridized carbons (Fsp3) is 0.773. The maximum absolute atomic E-state index is 15.1. The van der Waals surface area contributed by atoms with Gasteiger partial charge in [0.1, 0.15) is 11.7 Å². The highest BCUT2D eigenvalue weighted by atomic mass is 35.5. The van der Waals surface area contributed by atoms with Crippen molar-refractivity contribution in [2.45, 2.75) is 71.9 Å². The highest BCUT2D eigenvalue weighted by molar-refractivity contribution is 7.48. The standard InChI is InChI=1S/C22H35ClFN2O12P/c1-20(2,3)17(29)33-11-36-39(32,37-12-34-18(30)21(4,5)6)35-10-22(9-23)15(28)14(24)16(38-22)26-8-7-13(27)25-19(26)31/h7-8,14-17,28-29H,9-12H2,1-6H3,(H,25,27,31)/t14-,15+,16-,17?,22-,39?/m1/s1. The number of aliphatic hydroxyl groups excluding tert-OH is 2. The molecule has 6 atom stereocenters. The number of nitrogens with zero attached hydrogens (tertiary/aromatic N) is 1. The Hall–Kier alpha value is -1.68. The van der Waals surface area contributed by atoms with E-state index in [2.05, 4.69) is 0 Å². The van der Waals surface area contributed by atoms with Gasteiger partial charge in [0.05, 0.1) is 17.9 Å². The van der Waals surface area contributed by atoms with Gasteiger partial charge in [0.25, 0.3) is 5.56 Å². The number of ether oxygens (including phenoxy) is 3. The van der Waals surface area contributed by atoms with Crippen molar-refractivity contribution in [1.29, 1.82) is 0 Å². The van der Waals surface area contributed by atoms with Crippen molar-refractivity contribution in [3.8, 4) is 0 Å². The van der Waals surface area contributed by atoms with Crippen LogP contribution < -0.4 is 11.2 Å². The summed E-state index contributed by atoms with van der Waals surface area (Å²) in [5, 5.41) is 20.6. The minimum Gasteiger partial charge on any atom is -0.437 e. The van der Waals surface area contributed by atoms with Crippen LogP contribution in [0.5, 0.6) is 0 Å². The minimum absolute atomic E-state index is 0.610.